The number of imidazole rings is 1. The monoisotopic (exact) mass is 274 g/mol. The maximum atomic E-state index is 10.6. The second-order valence-electron chi connectivity index (χ2n) is 4.53. The summed E-state index contributed by atoms with van der Waals surface area (Å²) in [5.74, 6) is 0.866. The number of nitrogens with zero attached hydrogens (tertiary/aromatic N) is 2. The maximum Gasteiger partial charge on any atom is 0.303 e. The number of fused-ring (bicyclic) bond motifs is 1. The zero-order valence-electron chi connectivity index (χ0n) is 11.5. The van der Waals surface area contributed by atoms with Crippen molar-refractivity contribution in [3.05, 3.63) is 36.7 Å². The Morgan fingerprint density at radius 3 is 3.00 bits per heavy atom. The molecule has 5 nitrogen and oxygen atoms in total. The molecule has 0 atom stereocenters. The van der Waals surface area contributed by atoms with Crippen molar-refractivity contribution in [3.8, 4) is 5.75 Å². The summed E-state index contributed by atoms with van der Waals surface area (Å²) in [6.07, 6.45) is 3.18. The number of rotatable bonds is 7. The zero-order valence-corrected chi connectivity index (χ0v) is 11.5. The summed E-state index contributed by atoms with van der Waals surface area (Å²) in [5, 5.41) is 8.71. The molecule has 0 unspecified atom stereocenters. The lowest BCUT2D eigenvalue weighted by Gasteiger charge is -2.06. The fourth-order valence-electron chi connectivity index (χ4n) is 2.21. The van der Waals surface area contributed by atoms with Gasteiger partial charge in [0.15, 0.2) is 0 Å². The van der Waals surface area contributed by atoms with E-state index in [9.17, 15) is 4.79 Å². The lowest BCUT2D eigenvalue weighted by Crippen LogP contribution is -2.04. The fraction of sp³-hybridized carbons (Fsp3) is 0.333. The predicted octanol–water partition coefficient (Wildman–Crippen LogP) is 2.64. The van der Waals surface area contributed by atoms with Crippen LogP contribution in [0.1, 0.15) is 18.7 Å². The lowest BCUT2D eigenvalue weighted by molar-refractivity contribution is -0.137. The van der Waals surface area contributed by atoms with Crippen molar-refractivity contribution in [2.45, 2.75) is 25.8 Å². The van der Waals surface area contributed by atoms with Gasteiger partial charge in [-0.05, 0) is 18.6 Å². The third-order valence-electron chi connectivity index (χ3n) is 3.14. The number of allylic oxidation sites excluding steroid dienone is 1. The average Bonchev–Trinajstić information content (AvgIpc) is 2.76. The second kappa shape index (κ2) is 6.23. The Morgan fingerprint density at radius 2 is 2.35 bits per heavy atom. The number of aromatic nitrogens is 2. The molecule has 1 aromatic carbocycles. The van der Waals surface area contributed by atoms with Crippen LogP contribution in [0.3, 0.4) is 0 Å². The summed E-state index contributed by atoms with van der Waals surface area (Å²) in [6, 6.07) is 5.74. The number of hydrogen-bond acceptors (Lipinski definition) is 3. The molecule has 0 spiro atoms. The summed E-state index contributed by atoms with van der Waals surface area (Å²) in [5.41, 5.74) is 1.87. The molecule has 20 heavy (non-hydrogen) atoms. The summed E-state index contributed by atoms with van der Waals surface area (Å²) >= 11 is 0. The van der Waals surface area contributed by atoms with E-state index in [-0.39, 0.29) is 6.42 Å². The Balaban J connectivity index is 2.33. The zero-order chi connectivity index (χ0) is 14.5. The van der Waals surface area contributed by atoms with Gasteiger partial charge in [0.1, 0.15) is 11.6 Å². The highest BCUT2D eigenvalue weighted by Gasteiger charge is 2.11. The Hall–Kier alpha value is -2.30. The Kier molecular flexibility index (Phi) is 4.40. The average molecular weight is 274 g/mol. The van der Waals surface area contributed by atoms with E-state index in [2.05, 4.69) is 16.1 Å². The first-order valence-corrected chi connectivity index (χ1v) is 6.51. The maximum absolute atomic E-state index is 10.6. The van der Waals surface area contributed by atoms with E-state index < -0.39 is 5.97 Å². The Morgan fingerprint density at radius 1 is 1.55 bits per heavy atom. The van der Waals surface area contributed by atoms with Crippen molar-refractivity contribution in [3.63, 3.8) is 0 Å². The molecule has 2 aromatic rings. The Bertz CT molecular complexity index is 631. The lowest BCUT2D eigenvalue weighted by atomic mass is 10.2. The van der Waals surface area contributed by atoms with Gasteiger partial charge in [-0.25, -0.2) is 4.98 Å². The van der Waals surface area contributed by atoms with E-state index in [0.29, 0.717) is 19.4 Å². The number of benzene rings is 1. The highest BCUT2D eigenvalue weighted by Crippen LogP contribution is 2.22. The van der Waals surface area contributed by atoms with Gasteiger partial charge in [-0.1, -0.05) is 6.08 Å². The van der Waals surface area contributed by atoms with Crippen molar-refractivity contribution < 1.29 is 14.6 Å². The van der Waals surface area contributed by atoms with Crippen LogP contribution in [0.2, 0.25) is 0 Å². The van der Waals surface area contributed by atoms with Crippen molar-refractivity contribution >= 4 is 17.0 Å². The van der Waals surface area contributed by atoms with Crippen LogP contribution >= 0.6 is 0 Å². The molecular formula is C15H18N2O3. The molecule has 0 radical (unpaired) electrons. The van der Waals surface area contributed by atoms with E-state index in [1.165, 1.54) is 0 Å². The van der Waals surface area contributed by atoms with Crippen molar-refractivity contribution in [1.29, 1.82) is 0 Å². The molecule has 1 N–H and O–H groups in total. The van der Waals surface area contributed by atoms with E-state index in [0.717, 1.165) is 22.6 Å². The molecule has 0 aliphatic carbocycles. The SMILES string of the molecule is C=CCn1c(CCCC(=O)O)nc2cc(OC)ccc21. The number of aryl methyl sites for hydroxylation is 1. The first kappa shape index (κ1) is 14.1. The molecular weight excluding hydrogens is 256 g/mol. The highest BCUT2D eigenvalue weighted by molar-refractivity contribution is 5.78. The van der Waals surface area contributed by atoms with E-state index in [1.807, 2.05) is 24.3 Å². The number of hydrogen-bond donors (Lipinski definition) is 1. The minimum Gasteiger partial charge on any atom is -0.497 e. The number of carboxylic acids is 1. The topological polar surface area (TPSA) is 64.4 Å². The first-order valence-electron chi connectivity index (χ1n) is 6.51. The van der Waals surface area contributed by atoms with Crippen LogP contribution in [0.4, 0.5) is 0 Å². The van der Waals surface area contributed by atoms with Crippen LogP contribution in [0.5, 0.6) is 5.75 Å². The molecule has 0 fully saturated rings. The molecule has 0 aliphatic rings. The molecule has 0 aliphatic heterocycles. The van der Waals surface area contributed by atoms with E-state index >= 15 is 0 Å². The highest BCUT2D eigenvalue weighted by atomic mass is 16.5. The molecule has 2 rings (SSSR count). The number of ether oxygens (including phenoxy) is 1. The molecule has 0 saturated heterocycles. The van der Waals surface area contributed by atoms with Gasteiger partial charge in [-0.3, -0.25) is 4.79 Å². The predicted molar refractivity (Wildman–Crippen MR) is 77.1 cm³/mol. The normalized spacial score (nSPS) is 10.7. The van der Waals surface area contributed by atoms with E-state index in [4.69, 9.17) is 9.84 Å². The van der Waals surface area contributed by atoms with Gasteiger partial charge < -0.3 is 14.4 Å². The summed E-state index contributed by atoms with van der Waals surface area (Å²) < 4.78 is 7.26. The van der Waals surface area contributed by atoms with Crippen LogP contribution in [0.25, 0.3) is 11.0 Å². The number of carbonyl (C=O) groups is 1. The second-order valence-corrected chi connectivity index (χ2v) is 4.53. The van der Waals surface area contributed by atoms with Crippen LogP contribution < -0.4 is 4.74 Å². The third-order valence-corrected chi connectivity index (χ3v) is 3.14. The Labute approximate surface area is 117 Å². The number of aliphatic carboxylic acids is 1. The van der Waals surface area contributed by atoms with Gasteiger partial charge in [0.2, 0.25) is 0 Å². The minimum absolute atomic E-state index is 0.153. The summed E-state index contributed by atoms with van der Waals surface area (Å²) in [7, 11) is 1.62. The largest absolute Gasteiger partial charge is 0.497 e. The van der Waals surface area contributed by atoms with Crippen molar-refractivity contribution in [2.75, 3.05) is 7.11 Å². The van der Waals surface area contributed by atoms with Crippen LogP contribution in [-0.2, 0) is 17.8 Å². The summed E-state index contributed by atoms with van der Waals surface area (Å²) in [6.45, 7) is 4.42. The molecule has 5 heteroatoms. The van der Waals surface area contributed by atoms with Crippen molar-refractivity contribution in [2.24, 2.45) is 0 Å². The van der Waals surface area contributed by atoms with Crippen LogP contribution in [0.15, 0.2) is 30.9 Å². The van der Waals surface area contributed by atoms with Gasteiger partial charge in [0, 0.05) is 25.5 Å². The molecule has 0 saturated carbocycles. The van der Waals surface area contributed by atoms with Gasteiger partial charge in [0.05, 0.1) is 18.1 Å². The molecule has 0 bridgehead atoms. The van der Waals surface area contributed by atoms with Gasteiger partial charge in [0.25, 0.3) is 0 Å². The fourth-order valence-corrected chi connectivity index (χ4v) is 2.21. The van der Waals surface area contributed by atoms with Gasteiger partial charge in [-0.2, -0.15) is 0 Å². The third kappa shape index (κ3) is 2.99. The summed E-state index contributed by atoms with van der Waals surface area (Å²) in [4.78, 5) is 15.2. The molecule has 0 amide bonds. The number of methoxy groups -OCH3 is 1. The molecule has 1 aromatic heterocycles. The molecule has 1 heterocycles. The number of carboxylic acid groups (broad SMARTS) is 1. The quantitative estimate of drug-likeness (QED) is 0.788. The van der Waals surface area contributed by atoms with Gasteiger partial charge >= 0.3 is 5.97 Å². The minimum atomic E-state index is -0.780. The van der Waals surface area contributed by atoms with Crippen molar-refractivity contribution in [1.82, 2.24) is 9.55 Å². The van der Waals surface area contributed by atoms with Crippen LogP contribution in [-0.4, -0.2) is 27.7 Å². The van der Waals surface area contributed by atoms with E-state index in [1.54, 1.807) is 7.11 Å². The smallest absolute Gasteiger partial charge is 0.303 e. The first-order chi connectivity index (χ1) is 9.65. The van der Waals surface area contributed by atoms with Crippen LogP contribution in [0, 0.1) is 0 Å². The molecule has 106 valence electrons. The van der Waals surface area contributed by atoms with Gasteiger partial charge in [-0.15, -0.1) is 6.58 Å². The standard InChI is InChI=1S/C15H18N2O3/c1-3-9-17-13-8-7-11(20-2)10-12(13)16-14(17)5-4-6-15(18)19/h3,7-8,10H,1,4-6,9H2,2H3,(H,18,19).